The minimum absolute atomic E-state index is 0.0138. The Bertz CT molecular complexity index is 306. The quantitative estimate of drug-likeness (QED) is 0.569. The number of benzene rings is 1. The van der Waals surface area contributed by atoms with Crippen LogP contribution >= 0.6 is 0 Å². The highest BCUT2D eigenvalue weighted by molar-refractivity contribution is 5.82. The van der Waals surface area contributed by atoms with Crippen LogP contribution in [0.4, 0.5) is 5.69 Å². The zero-order chi connectivity index (χ0) is 8.39. The molecule has 0 aromatic heterocycles. The molecule has 1 amide bonds. The van der Waals surface area contributed by atoms with Gasteiger partial charge in [-0.05, 0) is 24.5 Å². The minimum Gasteiger partial charge on any atom is -0.273 e. The lowest BCUT2D eigenvalue weighted by atomic mass is 10.1. The Morgan fingerprint density at radius 2 is 2.00 bits per heavy atom. The van der Waals surface area contributed by atoms with E-state index in [1.54, 1.807) is 0 Å². The van der Waals surface area contributed by atoms with E-state index in [1.165, 1.54) is 5.56 Å². The summed E-state index contributed by atoms with van der Waals surface area (Å²) in [7, 11) is 0. The summed E-state index contributed by atoms with van der Waals surface area (Å²) in [6.45, 7) is 0. The molecule has 1 aliphatic rings. The molecule has 0 bridgehead atoms. The van der Waals surface area contributed by atoms with Crippen molar-refractivity contribution in [1.29, 1.82) is 0 Å². The van der Waals surface area contributed by atoms with Gasteiger partial charge < -0.3 is 0 Å². The molecule has 61 valence electrons. The molecule has 1 aliphatic heterocycles. The van der Waals surface area contributed by atoms with Gasteiger partial charge in [0.2, 0.25) is 5.91 Å². The molecule has 2 nitrogen and oxygen atoms in total. The summed E-state index contributed by atoms with van der Waals surface area (Å²) in [6, 6.07) is 7.85. The molecule has 2 heteroatoms. The average molecular weight is 160 g/mol. The van der Waals surface area contributed by atoms with Crippen molar-refractivity contribution >= 4 is 11.6 Å². The van der Waals surface area contributed by atoms with Crippen molar-refractivity contribution in [3.8, 4) is 0 Å². The fraction of sp³-hybridized carbons (Fsp3) is 0.300. The van der Waals surface area contributed by atoms with Gasteiger partial charge in [0.05, 0.1) is 5.69 Å². The second-order valence-electron chi connectivity index (χ2n) is 2.99. The SMILES string of the molecule is O=C1CCCc2ccccc2[N]1. The summed E-state index contributed by atoms with van der Waals surface area (Å²) in [6.07, 6.45) is 2.50. The fourth-order valence-corrected chi connectivity index (χ4v) is 1.45. The number of amides is 1. The number of nitrogens with zero attached hydrogens (tertiary/aromatic N) is 1. The molecule has 12 heavy (non-hydrogen) atoms. The Balaban J connectivity index is 2.37. The van der Waals surface area contributed by atoms with Gasteiger partial charge in [-0.1, -0.05) is 18.2 Å². The van der Waals surface area contributed by atoms with E-state index in [0.29, 0.717) is 6.42 Å². The summed E-state index contributed by atoms with van der Waals surface area (Å²) in [5.41, 5.74) is 2.06. The Morgan fingerprint density at radius 3 is 2.92 bits per heavy atom. The van der Waals surface area contributed by atoms with Crippen LogP contribution in [-0.4, -0.2) is 5.91 Å². The third-order valence-electron chi connectivity index (χ3n) is 2.07. The highest BCUT2D eigenvalue weighted by Crippen LogP contribution is 2.20. The van der Waals surface area contributed by atoms with Crippen molar-refractivity contribution in [3.63, 3.8) is 0 Å². The van der Waals surface area contributed by atoms with Crippen molar-refractivity contribution in [2.75, 3.05) is 0 Å². The second kappa shape index (κ2) is 2.97. The number of rotatable bonds is 0. The molecule has 0 unspecified atom stereocenters. The largest absolute Gasteiger partial charge is 0.273 e. The first kappa shape index (κ1) is 7.35. The first-order valence-electron chi connectivity index (χ1n) is 4.19. The zero-order valence-electron chi connectivity index (χ0n) is 6.79. The Hall–Kier alpha value is -1.31. The number of hydrogen-bond donors (Lipinski definition) is 0. The molecule has 0 N–H and O–H groups in total. The van der Waals surface area contributed by atoms with Crippen LogP contribution in [0.25, 0.3) is 0 Å². The van der Waals surface area contributed by atoms with Crippen LogP contribution in [-0.2, 0) is 11.2 Å². The summed E-state index contributed by atoms with van der Waals surface area (Å²) < 4.78 is 0. The third kappa shape index (κ3) is 1.33. The van der Waals surface area contributed by atoms with E-state index in [9.17, 15) is 4.79 Å². The van der Waals surface area contributed by atoms with Gasteiger partial charge in [-0.2, -0.15) is 0 Å². The topological polar surface area (TPSA) is 31.2 Å². The maximum Gasteiger partial charge on any atom is 0.246 e. The molecule has 2 rings (SSSR count). The summed E-state index contributed by atoms with van der Waals surface area (Å²) in [5, 5.41) is 4.00. The van der Waals surface area contributed by atoms with E-state index < -0.39 is 0 Å². The Kier molecular flexibility index (Phi) is 1.82. The molecule has 0 spiro atoms. The predicted octanol–water partition coefficient (Wildman–Crippen LogP) is 1.79. The first-order valence-corrected chi connectivity index (χ1v) is 4.19. The smallest absolute Gasteiger partial charge is 0.246 e. The van der Waals surface area contributed by atoms with Gasteiger partial charge in [0.25, 0.3) is 0 Å². The lowest BCUT2D eigenvalue weighted by Gasteiger charge is -2.01. The maximum atomic E-state index is 11.1. The van der Waals surface area contributed by atoms with Gasteiger partial charge >= 0.3 is 0 Å². The Labute approximate surface area is 71.6 Å². The van der Waals surface area contributed by atoms with Crippen LogP contribution in [0.2, 0.25) is 0 Å². The van der Waals surface area contributed by atoms with Crippen molar-refractivity contribution in [2.45, 2.75) is 19.3 Å². The van der Waals surface area contributed by atoms with Crippen LogP contribution in [0.1, 0.15) is 18.4 Å². The summed E-state index contributed by atoms with van der Waals surface area (Å²) >= 11 is 0. The third-order valence-corrected chi connectivity index (χ3v) is 2.07. The molecule has 1 radical (unpaired) electrons. The number of hydrogen-bond acceptors (Lipinski definition) is 1. The van der Waals surface area contributed by atoms with Gasteiger partial charge in [-0.15, -0.1) is 0 Å². The second-order valence-corrected chi connectivity index (χ2v) is 2.99. The summed E-state index contributed by atoms with van der Waals surface area (Å²) in [5.74, 6) is 0.0138. The molecule has 0 fully saturated rings. The van der Waals surface area contributed by atoms with Gasteiger partial charge in [0.15, 0.2) is 0 Å². The van der Waals surface area contributed by atoms with Gasteiger partial charge in [-0.25, -0.2) is 5.32 Å². The van der Waals surface area contributed by atoms with E-state index >= 15 is 0 Å². The van der Waals surface area contributed by atoms with Crippen molar-refractivity contribution in [3.05, 3.63) is 29.8 Å². The first-order chi connectivity index (χ1) is 5.86. The van der Waals surface area contributed by atoms with Crippen molar-refractivity contribution in [2.24, 2.45) is 0 Å². The van der Waals surface area contributed by atoms with Crippen LogP contribution in [0.15, 0.2) is 24.3 Å². The average Bonchev–Trinajstić information content (AvgIpc) is 2.25. The molecular weight excluding hydrogens is 150 g/mol. The minimum atomic E-state index is 0.0138. The van der Waals surface area contributed by atoms with E-state index in [-0.39, 0.29) is 5.91 Å². The number of fused-ring (bicyclic) bond motifs is 1. The monoisotopic (exact) mass is 160 g/mol. The van der Waals surface area contributed by atoms with Crippen molar-refractivity contribution in [1.82, 2.24) is 5.32 Å². The molecule has 1 aromatic carbocycles. The van der Waals surface area contributed by atoms with Crippen LogP contribution < -0.4 is 5.32 Å². The highest BCUT2D eigenvalue weighted by atomic mass is 16.1. The van der Waals surface area contributed by atoms with Gasteiger partial charge in [0, 0.05) is 6.42 Å². The summed E-state index contributed by atoms with van der Waals surface area (Å²) in [4.78, 5) is 11.1. The molecule has 0 saturated heterocycles. The number of aryl methyl sites for hydroxylation is 1. The van der Waals surface area contributed by atoms with Crippen LogP contribution in [0.5, 0.6) is 0 Å². The van der Waals surface area contributed by atoms with E-state index in [4.69, 9.17) is 0 Å². The lowest BCUT2D eigenvalue weighted by molar-refractivity contribution is -0.120. The molecular formula is C10H10NO. The van der Waals surface area contributed by atoms with Crippen LogP contribution in [0.3, 0.4) is 0 Å². The predicted molar refractivity (Wildman–Crippen MR) is 46.2 cm³/mol. The number of carbonyl (C=O) groups is 1. The van der Waals surface area contributed by atoms with Gasteiger partial charge in [-0.3, -0.25) is 4.79 Å². The molecule has 1 heterocycles. The maximum absolute atomic E-state index is 11.1. The lowest BCUT2D eigenvalue weighted by Crippen LogP contribution is -2.07. The number of carbonyl (C=O) groups excluding carboxylic acids is 1. The fourth-order valence-electron chi connectivity index (χ4n) is 1.45. The van der Waals surface area contributed by atoms with E-state index in [1.807, 2.05) is 24.3 Å². The molecule has 0 saturated carbocycles. The molecule has 0 aliphatic carbocycles. The van der Waals surface area contributed by atoms with Crippen LogP contribution in [0, 0.1) is 0 Å². The standard InChI is InChI=1S/C10H10NO/c12-10-7-3-5-8-4-1-2-6-9(8)11-10/h1-2,4,6H,3,5,7H2. The number of para-hydroxylation sites is 1. The molecule has 1 aromatic rings. The highest BCUT2D eigenvalue weighted by Gasteiger charge is 2.12. The van der Waals surface area contributed by atoms with E-state index in [2.05, 4.69) is 5.32 Å². The van der Waals surface area contributed by atoms with Gasteiger partial charge in [0.1, 0.15) is 0 Å². The molecule has 0 atom stereocenters. The normalized spacial score (nSPS) is 16.2. The van der Waals surface area contributed by atoms with Crippen molar-refractivity contribution < 1.29 is 4.79 Å². The zero-order valence-corrected chi connectivity index (χ0v) is 6.79. The Morgan fingerprint density at radius 1 is 1.17 bits per heavy atom. The van der Waals surface area contributed by atoms with E-state index in [0.717, 1.165) is 18.5 Å².